The maximum absolute atomic E-state index is 4.65. The first-order valence-corrected chi connectivity index (χ1v) is 6.33. The van der Waals surface area contributed by atoms with Gasteiger partial charge in [0.1, 0.15) is 0 Å². The van der Waals surface area contributed by atoms with Gasteiger partial charge in [-0.3, -0.25) is 0 Å². The maximum Gasteiger partial charge on any atom is 0.169 e. The van der Waals surface area contributed by atoms with Crippen LogP contribution in [0.5, 0.6) is 0 Å². The van der Waals surface area contributed by atoms with E-state index in [2.05, 4.69) is 42.1 Å². The predicted molar refractivity (Wildman–Crippen MR) is 70.9 cm³/mol. The van der Waals surface area contributed by atoms with E-state index in [0.29, 0.717) is 5.25 Å². The zero-order valence-electron chi connectivity index (χ0n) is 9.68. The Balaban J connectivity index is 2.53. The van der Waals surface area contributed by atoms with Crippen LogP contribution in [0.1, 0.15) is 13.8 Å². The molecular weight excluding hydrogens is 216 g/mol. The number of imidazole rings is 1. The number of hydrogen-bond donors (Lipinski definition) is 0. The second-order valence-corrected chi connectivity index (χ2v) is 5.49. The van der Waals surface area contributed by atoms with Gasteiger partial charge < -0.3 is 4.57 Å². The summed E-state index contributed by atoms with van der Waals surface area (Å²) >= 11 is 1.79. The van der Waals surface area contributed by atoms with E-state index in [-0.39, 0.29) is 0 Å². The number of aromatic nitrogens is 2. The van der Waals surface area contributed by atoms with Gasteiger partial charge in [-0.25, -0.2) is 4.98 Å². The van der Waals surface area contributed by atoms with Crippen LogP contribution in [-0.2, 0) is 6.54 Å². The summed E-state index contributed by atoms with van der Waals surface area (Å²) in [6.07, 6.45) is 1.92. The van der Waals surface area contributed by atoms with Crippen LogP contribution in [0.15, 0.2) is 42.1 Å². The molecule has 0 aliphatic carbocycles. The Hall–Kier alpha value is -1.22. The number of fused-ring (bicyclic) bond motifs is 1. The van der Waals surface area contributed by atoms with E-state index in [9.17, 15) is 0 Å². The van der Waals surface area contributed by atoms with Gasteiger partial charge in [-0.1, -0.05) is 43.8 Å². The summed E-state index contributed by atoms with van der Waals surface area (Å²) in [5.41, 5.74) is 2.25. The van der Waals surface area contributed by atoms with E-state index in [4.69, 9.17) is 0 Å². The van der Waals surface area contributed by atoms with Gasteiger partial charge >= 0.3 is 0 Å². The van der Waals surface area contributed by atoms with Gasteiger partial charge in [-0.15, -0.1) is 6.58 Å². The van der Waals surface area contributed by atoms with E-state index >= 15 is 0 Å². The third-order valence-corrected chi connectivity index (χ3v) is 3.27. The van der Waals surface area contributed by atoms with Crippen molar-refractivity contribution in [2.75, 3.05) is 0 Å². The van der Waals surface area contributed by atoms with E-state index < -0.39 is 0 Å². The molecule has 0 amide bonds. The van der Waals surface area contributed by atoms with Crippen LogP contribution in [0.2, 0.25) is 0 Å². The standard InChI is InChI=1S/C13H16N2S/c1-4-9-15-12-8-6-5-7-11(12)14-13(15)16-10(2)3/h4-8,10H,1,9H2,2-3H3. The molecule has 0 atom stereocenters. The zero-order chi connectivity index (χ0) is 11.5. The third-order valence-electron chi connectivity index (χ3n) is 2.27. The number of hydrogen-bond acceptors (Lipinski definition) is 2. The van der Waals surface area contributed by atoms with Crippen molar-refractivity contribution in [2.45, 2.75) is 30.8 Å². The fourth-order valence-electron chi connectivity index (χ4n) is 1.66. The van der Waals surface area contributed by atoms with Gasteiger partial charge in [0.15, 0.2) is 5.16 Å². The van der Waals surface area contributed by atoms with E-state index in [1.54, 1.807) is 11.8 Å². The molecule has 2 nitrogen and oxygen atoms in total. The number of allylic oxidation sites excluding steroid dienone is 1. The highest BCUT2D eigenvalue weighted by Crippen LogP contribution is 2.26. The number of benzene rings is 1. The van der Waals surface area contributed by atoms with Gasteiger partial charge in [-0.2, -0.15) is 0 Å². The lowest BCUT2D eigenvalue weighted by Crippen LogP contribution is -1.99. The van der Waals surface area contributed by atoms with Crippen LogP contribution in [0.3, 0.4) is 0 Å². The first-order valence-electron chi connectivity index (χ1n) is 5.45. The summed E-state index contributed by atoms with van der Waals surface area (Å²) < 4.78 is 2.22. The van der Waals surface area contributed by atoms with Crippen molar-refractivity contribution in [1.29, 1.82) is 0 Å². The Bertz CT molecular complexity index is 500. The second-order valence-electron chi connectivity index (χ2n) is 3.95. The maximum atomic E-state index is 4.65. The Kier molecular flexibility index (Phi) is 3.34. The lowest BCUT2D eigenvalue weighted by molar-refractivity contribution is 0.746. The van der Waals surface area contributed by atoms with Crippen LogP contribution in [0, 0.1) is 0 Å². The predicted octanol–water partition coefficient (Wildman–Crippen LogP) is 3.72. The Labute approximate surface area is 100 Å². The van der Waals surface area contributed by atoms with E-state index in [1.165, 1.54) is 5.52 Å². The topological polar surface area (TPSA) is 17.8 Å². The van der Waals surface area contributed by atoms with Crippen molar-refractivity contribution in [1.82, 2.24) is 9.55 Å². The van der Waals surface area contributed by atoms with Crippen molar-refractivity contribution in [3.05, 3.63) is 36.9 Å². The minimum atomic E-state index is 0.542. The lowest BCUT2D eigenvalue weighted by Gasteiger charge is -2.07. The Morgan fingerprint density at radius 3 is 2.88 bits per heavy atom. The highest BCUT2D eigenvalue weighted by atomic mass is 32.2. The van der Waals surface area contributed by atoms with Crippen molar-refractivity contribution >= 4 is 22.8 Å². The molecule has 0 radical (unpaired) electrons. The SMILES string of the molecule is C=CCn1c(SC(C)C)nc2ccccc21. The molecule has 0 aliphatic heterocycles. The number of para-hydroxylation sites is 2. The summed E-state index contributed by atoms with van der Waals surface area (Å²) in [6.45, 7) is 8.99. The van der Waals surface area contributed by atoms with Gasteiger partial charge in [0.05, 0.1) is 11.0 Å². The first kappa shape index (κ1) is 11.3. The Morgan fingerprint density at radius 1 is 1.44 bits per heavy atom. The van der Waals surface area contributed by atoms with Crippen molar-refractivity contribution in [2.24, 2.45) is 0 Å². The van der Waals surface area contributed by atoms with Gasteiger partial charge in [0.25, 0.3) is 0 Å². The fraction of sp³-hybridized carbons (Fsp3) is 0.308. The summed E-state index contributed by atoms with van der Waals surface area (Å²) in [4.78, 5) is 4.65. The van der Waals surface area contributed by atoms with Crippen LogP contribution in [0.25, 0.3) is 11.0 Å². The molecule has 0 saturated carbocycles. The summed E-state index contributed by atoms with van der Waals surface area (Å²) in [5.74, 6) is 0. The van der Waals surface area contributed by atoms with Gasteiger partial charge in [0.2, 0.25) is 0 Å². The van der Waals surface area contributed by atoms with Gasteiger partial charge in [-0.05, 0) is 12.1 Å². The molecule has 0 fully saturated rings. The molecule has 1 aromatic carbocycles. The molecule has 1 aromatic heterocycles. The summed E-state index contributed by atoms with van der Waals surface area (Å²) in [5, 5.41) is 1.62. The molecule has 84 valence electrons. The molecule has 0 N–H and O–H groups in total. The highest BCUT2D eigenvalue weighted by Gasteiger charge is 2.10. The zero-order valence-corrected chi connectivity index (χ0v) is 10.5. The molecule has 3 heteroatoms. The molecule has 2 aromatic rings. The van der Waals surface area contributed by atoms with Crippen LogP contribution < -0.4 is 0 Å². The summed E-state index contributed by atoms with van der Waals surface area (Å²) in [7, 11) is 0. The van der Waals surface area contributed by atoms with Crippen LogP contribution >= 0.6 is 11.8 Å². The van der Waals surface area contributed by atoms with Crippen molar-refractivity contribution < 1.29 is 0 Å². The van der Waals surface area contributed by atoms with Crippen molar-refractivity contribution in [3.8, 4) is 0 Å². The number of nitrogens with zero attached hydrogens (tertiary/aromatic N) is 2. The smallest absolute Gasteiger partial charge is 0.169 e. The number of rotatable bonds is 4. The first-order chi connectivity index (χ1) is 7.72. The minimum absolute atomic E-state index is 0.542. The minimum Gasteiger partial charge on any atom is -0.315 e. The molecule has 16 heavy (non-hydrogen) atoms. The largest absolute Gasteiger partial charge is 0.315 e. The molecular formula is C13H16N2S. The quantitative estimate of drug-likeness (QED) is 0.590. The number of thioether (sulfide) groups is 1. The average Bonchev–Trinajstić information content (AvgIpc) is 2.57. The lowest BCUT2D eigenvalue weighted by atomic mass is 10.3. The van der Waals surface area contributed by atoms with Crippen LogP contribution in [-0.4, -0.2) is 14.8 Å². The molecule has 0 spiro atoms. The van der Waals surface area contributed by atoms with E-state index in [1.807, 2.05) is 18.2 Å². The van der Waals surface area contributed by atoms with Crippen LogP contribution in [0.4, 0.5) is 0 Å². The fourth-order valence-corrected chi connectivity index (χ4v) is 2.53. The van der Waals surface area contributed by atoms with E-state index in [0.717, 1.165) is 17.2 Å². The molecule has 0 aliphatic rings. The molecule has 0 unspecified atom stereocenters. The average molecular weight is 232 g/mol. The molecule has 0 saturated heterocycles. The van der Waals surface area contributed by atoms with Gasteiger partial charge in [0, 0.05) is 11.8 Å². The molecule has 0 bridgehead atoms. The third kappa shape index (κ3) is 2.14. The second kappa shape index (κ2) is 4.74. The monoisotopic (exact) mass is 232 g/mol. The Morgan fingerprint density at radius 2 is 2.19 bits per heavy atom. The molecule has 1 heterocycles. The molecule has 2 rings (SSSR count). The summed E-state index contributed by atoms with van der Waals surface area (Å²) in [6, 6.07) is 8.24. The highest BCUT2D eigenvalue weighted by molar-refractivity contribution is 7.99. The normalized spacial score (nSPS) is 11.2. The van der Waals surface area contributed by atoms with Crippen molar-refractivity contribution in [3.63, 3.8) is 0 Å².